The summed E-state index contributed by atoms with van der Waals surface area (Å²) in [4.78, 5) is 8.51. The first-order chi connectivity index (χ1) is 14.4. The molecule has 150 valence electrons. The molecule has 3 aromatic heterocycles. The summed E-state index contributed by atoms with van der Waals surface area (Å²) in [5.41, 5.74) is 1.60. The quantitative estimate of drug-likeness (QED) is 0.480. The summed E-state index contributed by atoms with van der Waals surface area (Å²) in [6, 6.07) is 10.7. The molecule has 0 fully saturated rings. The predicted octanol–water partition coefficient (Wildman–Crippen LogP) is 3.16. The van der Waals surface area contributed by atoms with Crippen molar-refractivity contribution in [1.29, 1.82) is 0 Å². The summed E-state index contributed by atoms with van der Waals surface area (Å²) in [5, 5.41) is 10.5. The molecular weight excluding hydrogens is 392 g/mol. The first kappa shape index (κ1) is 19.7. The molecule has 10 heteroatoms. The average Bonchev–Trinajstić information content (AvgIpc) is 3.12. The van der Waals surface area contributed by atoms with Crippen LogP contribution in [0.2, 0.25) is 0 Å². The maximum atomic E-state index is 12.9. The number of hydrogen-bond donors (Lipinski definition) is 2. The van der Waals surface area contributed by atoms with Gasteiger partial charge in [-0.1, -0.05) is 18.2 Å². The fourth-order valence-electron chi connectivity index (χ4n) is 2.94. The lowest BCUT2D eigenvalue weighted by molar-refractivity contribution is -0.137. The molecule has 30 heavy (non-hydrogen) atoms. The van der Waals surface area contributed by atoms with Crippen LogP contribution in [0.1, 0.15) is 16.7 Å². The summed E-state index contributed by atoms with van der Waals surface area (Å²) in [5.74, 6) is 1.09. The van der Waals surface area contributed by atoms with E-state index < -0.39 is 11.7 Å². The molecule has 0 amide bonds. The van der Waals surface area contributed by atoms with Crippen LogP contribution in [0.3, 0.4) is 0 Å². The Hall–Kier alpha value is -3.56. The summed E-state index contributed by atoms with van der Waals surface area (Å²) in [6.07, 6.45) is 0.546. The number of nitrogens with one attached hydrogen (secondary N) is 2. The summed E-state index contributed by atoms with van der Waals surface area (Å²) >= 11 is 0. The van der Waals surface area contributed by atoms with Crippen molar-refractivity contribution >= 4 is 30.6 Å². The van der Waals surface area contributed by atoms with Crippen LogP contribution in [-0.2, 0) is 19.3 Å². The molecule has 0 spiro atoms. The van der Waals surface area contributed by atoms with Gasteiger partial charge in [-0.15, -0.1) is 0 Å². The highest BCUT2D eigenvalue weighted by Crippen LogP contribution is 2.29. The molecule has 0 saturated heterocycles. The van der Waals surface area contributed by atoms with Gasteiger partial charge in [0.2, 0.25) is 0 Å². The standard InChI is InChI=1S/C20H16BF3N6/c21-16-12-28-30-18(27-11-14-4-2-6-25-9-14)8-17(29-19(16)30)26-10-13-3-1-5-15(7-13)20(22,23)24/h1-9,12,27H,10-11H2,(H,26,29). The lowest BCUT2D eigenvalue weighted by atomic mass is 10.0. The molecule has 0 aliphatic heterocycles. The predicted molar refractivity (Wildman–Crippen MR) is 109 cm³/mol. The van der Waals surface area contributed by atoms with Gasteiger partial charge in [-0.2, -0.15) is 22.8 Å². The van der Waals surface area contributed by atoms with Crippen LogP contribution in [0.15, 0.2) is 61.1 Å². The maximum Gasteiger partial charge on any atom is 0.416 e. The average molecular weight is 408 g/mol. The smallest absolute Gasteiger partial charge is 0.366 e. The van der Waals surface area contributed by atoms with E-state index in [1.165, 1.54) is 12.3 Å². The summed E-state index contributed by atoms with van der Waals surface area (Å²) in [6.45, 7) is 0.670. The minimum atomic E-state index is -4.39. The first-order valence-corrected chi connectivity index (χ1v) is 9.07. The monoisotopic (exact) mass is 408 g/mol. The normalized spacial score (nSPS) is 11.6. The minimum Gasteiger partial charge on any atom is -0.366 e. The number of anilines is 2. The van der Waals surface area contributed by atoms with Crippen LogP contribution in [0.4, 0.5) is 24.8 Å². The Kier molecular flexibility index (Phi) is 5.30. The van der Waals surface area contributed by atoms with Gasteiger partial charge in [-0.3, -0.25) is 4.98 Å². The molecule has 4 aromatic rings. The molecule has 4 rings (SSSR count). The third-order valence-electron chi connectivity index (χ3n) is 4.42. The topological polar surface area (TPSA) is 67.1 Å². The van der Waals surface area contributed by atoms with Gasteiger partial charge in [0.25, 0.3) is 0 Å². The highest BCUT2D eigenvalue weighted by atomic mass is 19.4. The maximum absolute atomic E-state index is 12.9. The Morgan fingerprint density at radius 2 is 1.77 bits per heavy atom. The van der Waals surface area contributed by atoms with Gasteiger partial charge in [0.1, 0.15) is 19.5 Å². The SMILES string of the molecule is [B]c1cnn2c(NCc3cccnc3)cc(NCc3cccc(C(F)(F)F)c3)nc12. The number of rotatable bonds is 6. The van der Waals surface area contributed by atoms with Crippen molar-refractivity contribution in [3.63, 3.8) is 0 Å². The molecule has 0 unspecified atom stereocenters. The zero-order valence-corrected chi connectivity index (χ0v) is 15.7. The number of alkyl halides is 3. The molecule has 0 aliphatic carbocycles. The zero-order valence-electron chi connectivity index (χ0n) is 15.7. The van der Waals surface area contributed by atoms with E-state index in [2.05, 4.69) is 25.7 Å². The van der Waals surface area contributed by atoms with Crippen molar-refractivity contribution < 1.29 is 13.2 Å². The third kappa shape index (κ3) is 4.37. The van der Waals surface area contributed by atoms with Crippen molar-refractivity contribution in [2.45, 2.75) is 19.3 Å². The Balaban J connectivity index is 1.56. The first-order valence-electron chi connectivity index (χ1n) is 9.07. The second kappa shape index (κ2) is 8.06. The molecule has 0 aliphatic rings. The Labute approximate surface area is 171 Å². The van der Waals surface area contributed by atoms with Gasteiger partial charge in [0.15, 0.2) is 5.65 Å². The largest absolute Gasteiger partial charge is 0.416 e. The molecule has 0 bridgehead atoms. The van der Waals surface area contributed by atoms with E-state index in [0.717, 1.165) is 17.7 Å². The fourth-order valence-corrected chi connectivity index (χ4v) is 2.94. The second-order valence-electron chi connectivity index (χ2n) is 6.63. The highest BCUT2D eigenvalue weighted by Gasteiger charge is 2.30. The van der Waals surface area contributed by atoms with Gasteiger partial charge in [0, 0.05) is 37.7 Å². The Morgan fingerprint density at radius 1 is 0.967 bits per heavy atom. The van der Waals surface area contributed by atoms with Crippen LogP contribution in [-0.4, -0.2) is 27.4 Å². The third-order valence-corrected chi connectivity index (χ3v) is 4.42. The highest BCUT2D eigenvalue weighted by molar-refractivity contribution is 6.36. The van der Waals surface area contributed by atoms with Crippen LogP contribution in [0.25, 0.3) is 5.65 Å². The van der Waals surface area contributed by atoms with Gasteiger partial charge in [0.05, 0.1) is 5.56 Å². The molecular formula is C20H16BF3N6. The number of hydrogen-bond acceptors (Lipinski definition) is 5. The fraction of sp³-hybridized carbons (Fsp3) is 0.150. The van der Waals surface area contributed by atoms with Crippen molar-refractivity contribution in [2.75, 3.05) is 10.6 Å². The molecule has 6 nitrogen and oxygen atoms in total. The van der Waals surface area contributed by atoms with Crippen molar-refractivity contribution in [3.05, 3.63) is 77.7 Å². The Bertz CT molecular complexity index is 1160. The van der Waals surface area contributed by atoms with E-state index in [-0.39, 0.29) is 6.54 Å². The van der Waals surface area contributed by atoms with Gasteiger partial charge >= 0.3 is 6.18 Å². The lowest BCUT2D eigenvalue weighted by Crippen LogP contribution is -2.12. The van der Waals surface area contributed by atoms with Crippen LogP contribution in [0.5, 0.6) is 0 Å². The lowest BCUT2D eigenvalue weighted by Gasteiger charge is -2.13. The Morgan fingerprint density at radius 3 is 2.53 bits per heavy atom. The van der Waals surface area contributed by atoms with E-state index in [0.29, 0.717) is 34.9 Å². The minimum absolute atomic E-state index is 0.170. The number of nitrogens with zero attached hydrogens (tertiary/aromatic N) is 4. The van der Waals surface area contributed by atoms with Gasteiger partial charge < -0.3 is 10.6 Å². The van der Waals surface area contributed by atoms with Gasteiger partial charge in [-0.25, -0.2) is 4.98 Å². The van der Waals surface area contributed by atoms with Crippen molar-refractivity contribution in [1.82, 2.24) is 19.6 Å². The van der Waals surface area contributed by atoms with Crippen molar-refractivity contribution in [3.8, 4) is 0 Å². The molecule has 0 atom stereocenters. The number of halogens is 3. The summed E-state index contributed by atoms with van der Waals surface area (Å²) < 4.78 is 40.3. The number of pyridine rings is 1. The van der Waals surface area contributed by atoms with Crippen LogP contribution < -0.4 is 16.1 Å². The molecule has 1 aromatic carbocycles. The van der Waals surface area contributed by atoms with E-state index in [9.17, 15) is 13.2 Å². The van der Waals surface area contributed by atoms with Crippen LogP contribution >= 0.6 is 0 Å². The van der Waals surface area contributed by atoms with Gasteiger partial charge in [-0.05, 0) is 34.8 Å². The number of aromatic nitrogens is 4. The second-order valence-corrected chi connectivity index (χ2v) is 6.63. The zero-order chi connectivity index (χ0) is 21.1. The van der Waals surface area contributed by atoms with Crippen molar-refractivity contribution in [2.24, 2.45) is 0 Å². The molecule has 2 N–H and O–H groups in total. The van der Waals surface area contributed by atoms with E-state index >= 15 is 0 Å². The summed E-state index contributed by atoms with van der Waals surface area (Å²) in [7, 11) is 5.96. The molecule has 2 radical (unpaired) electrons. The van der Waals surface area contributed by atoms with E-state index in [1.54, 1.807) is 29.0 Å². The number of benzene rings is 1. The van der Waals surface area contributed by atoms with E-state index in [4.69, 9.17) is 7.85 Å². The van der Waals surface area contributed by atoms with E-state index in [1.807, 2.05) is 12.1 Å². The number of fused-ring (bicyclic) bond motifs is 1. The molecule has 3 heterocycles. The molecule has 0 saturated carbocycles. The van der Waals surface area contributed by atoms with Crippen LogP contribution in [0, 0.1) is 0 Å².